The smallest absolute Gasteiger partial charge is 0.265 e. The quantitative estimate of drug-likeness (QED) is 0.797. The number of benzene rings is 1. The molecule has 1 radical (unpaired) electrons. The van der Waals surface area contributed by atoms with E-state index in [1.165, 1.54) is 11.3 Å². The molecule has 0 saturated carbocycles. The van der Waals surface area contributed by atoms with Crippen LogP contribution in [-0.2, 0) is 0 Å². The molecule has 0 bridgehead atoms. The topological polar surface area (TPSA) is 29.1 Å². The number of para-hydroxylation sites is 1. The van der Waals surface area contributed by atoms with Crippen LogP contribution in [0.25, 0.3) is 0 Å². The third-order valence-electron chi connectivity index (χ3n) is 1.70. The minimum atomic E-state index is -0.0811. The number of rotatable bonds is 2. The normalized spacial score (nSPS) is 9.71. The average molecular weight is 202 g/mol. The Labute approximate surface area is 86.2 Å². The molecule has 3 heteroatoms. The summed E-state index contributed by atoms with van der Waals surface area (Å²) >= 11 is 1.42. The maximum atomic E-state index is 11.6. The van der Waals surface area contributed by atoms with Gasteiger partial charge in [-0.25, -0.2) is 0 Å². The molecule has 0 fully saturated rings. The Kier molecular flexibility index (Phi) is 2.60. The molecular weight excluding hydrogens is 194 g/mol. The number of amides is 1. The third-order valence-corrected chi connectivity index (χ3v) is 2.57. The van der Waals surface area contributed by atoms with Gasteiger partial charge in [0.25, 0.3) is 5.91 Å². The van der Waals surface area contributed by atoms with Crippen LogP contribution in [0.15, 0.2) is 41.8 Å². The molecule has 2 aromatic rings. The van der Waals surface area contributed by atoms with Crippen LogP contribution in [0.1, 0.15) is 9.67 Å². The molecule has 69 valence electrons. The summed E-state index contributed by atoms with van der Waals surface area (Å²) in [6.07, 6.45) is 0. The molecule has 1 aromatic heterocycles. The predicted molar refractivity (Wildman–Crippen MR) is 57.6 cm³/mol. The van der Waals surface area contributed by atoms with Gasteiger partial charge in [-0.05, 0) is 17.5 Å². The second-order valence-corrected chi connectivity index (χ2v) is 3.66. The van der Waals surface area contributed by atoms with E-state index in [0.29, 0.717) is 10.6 Å². The van der Waals surface area contributed by atoms with Crippen molar-refractivity contribution < 1.29 is 4.79 Å². The van der Waals surface area contributed by atoms with Gasteiger partial charge in [0.2, 0.25) is 0 Å². The summed E-state index contributed by atoms with van der Waals surface area (Å²) in [4.78, 5) is 12.3. The zero-order valence-corrected chi connectivity index (χ0v) is 8.17. The Balaban J connectivity index is 2.10. The highest BCUT2D eigenvalue weighted by Gasteiger charge is 2.05. The van der Waals surface area contributed by atoms with Crippen LogP contribution in [0.2, 0.25) is 0 Å². The van der Waals surface area contributed by atoms with Crippen LogP contribution >= 0.6 is 11.3 Å². The van der Waals surface area contributed by atoms with Crippen molar-refractivity contribution in [1.29, 1.82) is 0 Å². The summed E-state index contributed by atoms with van der Waals surface area (Å²) in [5, 5.41) is 4.64. The summed E-state index contributed by atoms with van der Waals surface area (Å²) in [5.41, 5.74) is 0.700. The zero-order valence-electron chi connectivity index (χ0n) is 7.36. The van der Waals surface area contributed by atoms with Gasteiger partial charge in [0, 0.05) is 11.8 Å². The minimum absolute atomic E-state index is 0.0811. The first kappa shape index (κ1) is 8.97. The molecule has 1 N–H and O–H groups in total. The van der Waals surface area contributed by atoms with Crippen LogP contribution in [0.4, 0.5) is 5.69 Å². The molecule has 2 rings (SSSR count). The monoisotopic (exact) mass is 202 g/mol. The van der Waals surface area contributed by atoms with Gasteiger partial charge in [0.15, 0.2) is 0 Å². The van der Waals surface area contributed by atoms with Crippen LogP contribution in [-0.4, -0.2) is 5.91 Å². The summed E-state index contributed by atoms with van der Waals surface area (Å²) in [5.74, 6) is -0.0811. The van der Waals surface area contributed by atoms with Crippen LogP contribution < -0.4 is 5.32 Å². The highest BCUT2D eigenvalue weighted by Crippen LogP contribution is 2.12. The fraction of sp³-hybridized carbons (Fsp3) is 0. The van der Waals surface area contributed by atoms with Crippen molar-refractivity contribution in [2.45, 2.75) is 0 Å². The Morgan fingerprint density at radius 2 is 2.21 bits per heavy atom. The zero-order chi connectivity index (χ0) is 9.80. The first-order chi connectivity index (χ1) is 6.86. The van der Waals surface area contributed by atoms with E-state index in [9.17, 15) is 4.79 Å². The number of nitrogens with one attached hydrogen (secondary N) is 1. The molecule has 0 aliphatic carbocycles. The fourth-order valence-corrected chi connectivity index (χ4v) is 1.68. The molecule has 0 aliphatic heterocycles. The van der Waals surface area contributed by atoms with E-state index >= 15 is 0 Å². The Morgan fingerprint density at radius 3 is 2.86 bits per heavy atom. The van der Waals surface area contributed by atoms with Gasteiger partial charge in [-0.3, -0.25) is 4.79 Å². The number of hydrogen-bond acceptors (Lipinski definition) is 2. The predicted octanol–water partition coefficient (Wildman–Crippen LogP) is 2.80. The van der Waals surface area contributed by atoms with E-state index in [1.807, 2.05) is 29.6 Å². The van der Waals surface area contributed by atoms with Gasteiger partial charge < -0.3 is 5.32 Å². The second kappa shape index (κ2) is 4.07. The van der Waals surface area contributed by atoms with Crippen LogP contribution in [0, 0.1) is 6.07 Å². The van der Waals surface area contributed by atoms with Gasteiger partial charge in [0.1, 0.15) is 0 Å². The van der Waals surface area contributed by atoms with E-state index in [0.717, 1.165) is 0 Å². The van der Waals surface area contributed by atoms with E-state index < -0.39 is 0 Å². The second-order valence-electron chi connectivity index (χ2n) is 2.71. The molecule has 0 unspecified atom stereocenters. The highest BCUT2D eigenvalue weighted by molar-refractivity contribution is 7.12. The van der Waals surface area contributed by atoms with E-state index in [2.05, 4.69) is 11.4 Å². The van der Waals surface area contributed by atoms with Gasteiger partial charge in [-0.1, -0.05) is 24.3 Å². The first-order valence-electron chi connectivity index (χ1n) is 4.18. The minimum Gasteiger partial charge on any atom is -0.321 e. The number of anilines is 1. The Morgan fingerprint density at radius 1 is 1.29 bits per heavy atom. The standard InChI is InChI=1S/C11H8NOS/c13-11(10-7-4-8-14-10)12-9-5-2-1-3-6-9/h1-5,7-8H,(H,12,13). The van der Waals surface area contributed by atoms with Crippen molar-refractivity contribution in [3.63, 3.8) is 0 Å². The van der Waals surface area contributed by atoms with E-state index in [4.69, 9.17) is 0 Å². The summed E-state index contributed by atoms with van der Waals surface area (Å²) in [6.45, 7) is 0. The average Bonchev–Trinajstić information content (AvgIpc) is 2.72. The van der Waals surface area contributed by atoms with Gasteiger partial charge in [-0.15, -0.1) is 11.3 Å². The molecule has 1 aromatic carbocycles. The van der Waals surface area contributed by atoms with Crippen molar-refractivity contribution in [3.05, 3.63) is 52.7 Å². The number of carbonyl (C=O) groups excluding carboxylic acids is 1. The van der Waals surface area contributed by atoms with E-state index in [1.54, 1.807) is 12.1 Å². The lowest BCUT2D eigenvalue weighted by Gasteiger charge is -2.01. The van der Waals surface area contributed by atoms with Crippen molar-refractivity contribution in [1.82, 2.24) is 0 Å². The van der Waals surface area contributed by atoms with Crippen molar-refractivity contribution in [2.75, 3.05) is 5.32 Å². The van der Waals surface area contributed by atoms with Crippen LogP contribution in [0.5, 0.6) is 0 Å². The van der Waals surface area contributed by atoms with Crippen LogP contribution in [0.3, 0.4) is 0 Å². The van der Waals surface area contributed by atoms with Crippen molar-refractivity contribution in [2.24, 2.45) is 0 Å². The summed E-state index contributed by atoms with van der Waals surface area (Å²) in [6, 6.07) is 13.9. The van der Waals surface area contributed by atoms with Gasteiger partial charge in [-0.2, -0.15) is 0 Å². The Bertz CT molecular complexity index is 408. The lowest BCUT2D eigenvalue weighted by atomic mass is 10.3. The van der Waals surface area contributed by atoms with Crippen molar-refractivity contribution >= 4 is 22.9 Å². The lowest BCUT2D eigenvalue weighted by Crippen LogP contribution is -2.09. The molecule has 0 saturated heterocycles. The molecule has 14 heavy (non-hydrogen) atoms. The molecule has 0 atom stereocenters. The SMILES string of the molecule is O=C(Nc1[c]cccc1)c1cccs1. The molecule has 1 amide bonds. The number of carbonyl (C=O) groups is 1. The molecule has 1 heterocycles. The maximum Gasteiger partial charge on any atom is 0.265 e. The van der Waals surface area contributed by atoms with Crippen molar-refractivity contribution in [3.8, 4) is 0 Å². The molecular formula is C11H8NOS. The fourth-order valence-electron chi connectivity index (χ4n) is 1.06. The van der Waals surface area contributed by atoms with Gasteiger partial charge >= 0.3 is 0 Å². The van der Waals surface area contributed by atoms with E-state index in [-0.39, 0.29) is 5.91 Å². The number of hydrogen-bond donors (Lipinski definition) is 1. The third kappa shape index (κ3) is 2.00. The summed E-state index contributed by atoms with van der Waals surface area (Å²) < 4.78 is 0. The Hall–Kier alpha value is -1.61. The lowest BCUT2D eigenvalue weighted by molar-refractivity contribution is 0.103. The first-order valence-corrected chi connectivity index (χ1v) is 5.06. The summed E-state index contributed by atoms with van der Waals surface area (Å²) in [7, 11) is 0. The highest BCUT2D eigenvalue weighted by atomic mass is 32.1. The largest absolute Gasteiger partial charge is 0.321 e. The maximum absolute atomic E-state index is 11.6. The molecule has 0 aliphatic rings. The molecule has 2 nitrogen and oxygen atoms in total. The number of thiophene rings is 1. The molecule has 0 spiro atoms. The van der Waals surface area contributed by atoms with Gasteiger partial charge in [0.05, 0.1) is 4.88 Å².